The number of rotatable bonds is 5. The number of allylic oxidation sites excluding steroid dienone is 1. The molecule has 1 atom stereocenters. The molecule has 0 radical (unpaired) electrons. The summed E-state index contributed by atoms with van der Waals surface area (Å²) in [7, 11) is 0. The molecule has 3 rings (SSSR count). The molecule has 0 fully saturated rings. The van der Waals surface area contributed by atoms with Crippen LogP contribution in [0.1, 0.15) is 29.8 Å². The molecular weight excluding hydrogens is 339 g/mol. The summed E-state index contributed by atoms with van der Waals surface area (Å²) in [5.41, 5.74) is 0.900. The van der Waals surface area contributed by atoms with Gasteiger partial charge in [-0.1, -0.05) is 12.1 Å². The molecule has 0 N–H and O–H groups in total. The van der Waals surface area contributed by atoms with Crippen LogP contribution in [0.15, 0.2) is 48.2 Å². The maximum atomic E-state index is 13.3. The van der Waals surface area contributed by atoms with Crippen LogP contribution < -0.4 is 9.47 Å². The van der Waals surface area contributed by atoms with Crippen LogP contribution in [0.25, 0.3) is 6.08 Å². The third-order valence-electron chi connectivity index (χ3n) is 3.72. The van der Waals surface area contributed by atoms with Crippen LogP contribution >= 0.6 is 0 Å². The van der Waals surface area contributed by atoms with E-state index in [9.17, 15) is 14.0 Å². The van der Waals surface area contributed by atoms with Crippen LogP contribution in [0, 0.1) is 5.82 Å². The minimum Gasteiger partial charge on any atom is -0.479 e. The van der Waals surface area contributed by atoms with Gasteiger partial charge in [0.2, 0.25) is 5.78 Å². The first kappa shape index (κ1) is 17.7. The van der Waals surface area contributed by atoms with Gasteiger partial charge in [-0.25, -0.2) is 9.18 Å². The van der Waals surface area contributed by atoms with Gasteiger partial charge in [0.1, 0.15) is 17.3 Å². The number of ketones is 1. The highest BCUT2D eigenvalue weighted by molar-refractivity contribution is 6.14. The third-order valence-corrected chi connectivity index (χ3v) is 3.72. The Morgan fingerprint density at radius 2 is 2.08 bits per heavy atom. The third kappa shape index (κ3) is 3.74. The van der Waals surface area contributed by atoms with Crippen molar-refractivity contribution < 1.29 is 28.2 Å². The number of carbonyl (C=O) groups is 2. The van der Waals surface area contributed by atoms with Crippen LogP contribution in [-0.2, 0) is 9.53 Å². The zero-order valence-corrected chi connectivity index (χ0v) is 14.3. The summed E-state index contributed by atoms with van der Waals surface area (Å²) >= 11 is 0. The molecule has 2 aromatic carbocycles. The quantitative estimate of drug-likeness (QED) is 0.603. The van der Waals surface area contributed by atoms with Crippen LogP contribution in [0.5, 0.6) is 11.5 Å². The van der Waals surface area contributed by atoms with Crippen LogP contribution in [0.2, 0.25) is 0 Å². The Balaban J connectivity index is 1.79. The SMILES string of the molecule is CCOC(=O)[C@H](C)Oc1ccc2c(c1)O/C(=C\c1cccc(F)c1)C2=O. The van der Waals surface area contributed by atoms with Crippen molar-refractivity contribution in [1.82, 2.24) is 0 Å². The van der Waals surface area contributed by atoms with Crippen molar-refractivity contribution in [2.75, 3.05) is 6.61 Å². The van der Waals surface area contributed by atoms with Crippen molar-refractivity contribution in [2.45, 2.75) is 20.0 Å². The molecule has 5 nitrogen and oxygen atoms in total. The van der Waals surface area contributed by atoms with Gasteiger partial charge in [0.15, 0.2) is 11.9 Å². The number of Topliss-reactive ketones (excluding diaryl/α,β-unsaturated/α-hetero) is 1. The van der Waals surface area contributed by atoms with E-state index in [1.165, 1.54) is 24.3 Å². The molecule has 0 aromatic heterocycles. The minimum absolute atomic E-state index is 0.0983. The van der Waals surface area contributed by atoms with Gasteiger partial charge in [0.25, 0.3) is 0 Å². The summed E-state index contributed by atoms with van der Waals surface area (Å²) in [5, 5.41) is 0. The van der Waals surface area contributed by atoms with Gasteiger partial charge in [-0.3, -0.25) is 4.79 Å². The van der Waals surface area contributed by atoms with Crippen LogP contribution in [-0.4, -0.2) is 24.5 Å². The molecular formula is C20H17FO5. The number of benzene rings is 2. The number of halogens is 1. The van der Waals surface area contributed by atoms with Gasteiger partial charge in [-0.05, 0) is 49.8 Å². The van der Waals surface area contributed by atoms with E-state index in [4.69, 9.17) is 14.2 Å². The van der Waals surface area contributed by atoms with Crippen molar-refractivity contribution in [3.05, 3.63) is 65.2 Å². The summed E-state index contributed by atoms with van der Waals surface area (Å²) in [6.07, 6.45) is 0.695. The first-order valence-corrected chi connectivity index (χ1v) is 8.15. The molecule has 1 aliphatic rings. The van der Waals surface area contributed by atoms with E-state index in [1.54, 1.807) is 38.1 Å². The topological polar surface area (TPSA) is 61.8 Å². The summed E-state index contributed by atoms with van der Waals surface area (Å²) < 4.78 is 29.3. The molecule has 1 heterocycles. The lowest BCUT2D eigenvalue weighted by molar-refractivity contribution is -0.150. The fourth-order valence-corrected chi connectivity index (χ4v) is 2.50. The predicted molar refractivity (Wildman–Crippen MR) is 92.5 cm³/mol. The highest BCUT2D eigenvalue weighted by atomic mass is 19.1. The largest absolute Gasteiger partial charge is 0.479 e. The van der Waals surface area contributed by atoms with E-state index in [0.29, 0.717) is 22.6 Å². The molecule has 0 bridgehead atoms. The monoisotopic (exact) mass is 356 g/mol. The molecule has 2 aromatic rings. The zero-order chi connectivity index (χ0) is 18.7. The molecule has 26 heavy (non-hydrogen) atoms. The number of hydrogen-bond donors (Lipinski definition) is 0. The minimum atomic E-state index is -0.785. The smallest absolute Gasteiger partial charge is 0.347 e. The maximum Gasteiger partial charge on any atom is 0.347 e. The standard InChI is InChI=1S/C20H17FO5/c1-3-24-20(23)12(2)25-15-7-8-16-17(11-15)26-18(19(16)22)10-13-5-4-6-14(21)9-13/h4-12H,3H2,1-2H3/b18-10-/t12-/m0/s1. The zero-order valence-electron chi connectivity index (χ0n) is 14.3. The van der Waals surface area contributed by atoms with Crippen LogP contribution in [0.3, 0.4) is 0 Å². The van der Waals surface area contributed by atoms with Crippen molar-refractivity contribution in [1.29, 1.82) is 0 Å². The lowest BCUT2D eigenvalue weighted by Gasteiger charge is -2.13. The lowest BCUT2D eigenvalue weighted by Crippen LogP contribution is -2.26. The van der Waals surface area contributed by atoms with Crippen molar-refractivity contribution in [3.63, 3.8) is 0 Å². The van der Waals surface area contributed by atoms with Crippen LogP contribution in [0.4, 0.5) is 4.39 Å². The van der Waals surface area contributed by atoms with Gasteiger partial charge in [-0.15, -0.1) is 0 Å². The van der Waals surface area contributed by atoms with E-state index in [-0.39, 0.29) is 18.1 Å². The fourth-order valence-electron chi connectivity index (χ4n) is 2.50. The Morgan fingerprint density at radius 1 is 1.27 bits per heavy atom. The van der Waals surface area contributed by atoms with Gasteiger partial charge >= 0.3 is 5.97 Å². The molecule has 0 aliphatic carbocycles. The van der Waals surface area contributed by atoms with Gasteiger partial charge in [0, 0.05) is 6.07 Å². The normalized spacial score (nSPS) is 15.3. The van der Waals surface area contributed by atoms with E-state index in [0.717, 1.165) is 0 Å². The summed E-state index contributed by atoms with van der Waals surface area (Å²) in [4.78, 5) is 24.1. The van der Waals surface area contributed by atoms with E-state index >= 15 is 0 Å². The second-order valence-electron chi connectivity index (χ2n) is 5.66. The average Bonchev–Trinajstić information content (AvgIpc) is 2.90. The summed E-state index contributed by atoms with van der Waals surface area (Å²) in [6.45, 7) is 3.56. The van der Waals surface area contributed by atoms with Gasteiger partial charge in [0.05, 0.1) is 12.2 Å². The van der Waals surface area contributed by atoms with Gasteiger partial charge in [-0.2, -0.15) is 0 Å². The lowest BCUT2D eigenvalue weighted by atomic mass is 10.1. The Bertz CT molecular complexity index is 888. The summed E-state index contributed by atoms with van der Waals surface area (Å²) in [6, 6.07) is 10.5. The Labute approximate surface area is 150 Å². The van der Waals surface area contributed by atoms with E-state index in [1.807, 2.05) is 0 Å². The second kappa shape index (κ2) is 7.39. The number of hydrogen-bond acceptors (Lipinski definition) is 5. The van der Waals surface area contributed by atoms with Crippen molar-refractivity contribution >= 4 is 17.8 Å². The number of carbonyl (C=O) groups excluding carboxylic acids is 2. The van der Waals surface area contributed by atoms with Gasteiger partial charge < -0.3 is 14.2 Å². The van der Waals surface area contributed by atoms with Crippen molar-refractivity contribution in [2.24, 2.45) is 0 Å². The van der Waals surface area contributed by atoms with E-state index < -0.39 is 17.9 Å². The number of esters is 1. The average molecular weight is 356 g/mol. The molecule has 0 spiro atoms. The molecule has 0 unspecified atom stereocenters. The van der Waals surface area contributed by atoms with E-state index in [2.05, 4.69) is 0 Å². The molecule has 1 aliphatic heterocycles. The molecule has 6 heteroatoms. The Hall–Kier alpha value is -3.15. The molecule has 0 saturated carbocycles. The first-order chi connectivity index (χ1) is 12.5. The number of fused-ring (bicyclic) bond motifs is 1. The first-order valence-electron chi connectivity index (χ1n) is 8.15. The summed E-state index contributed by atoms with van der Waals surface area (Å²) in [5.74, 6) is -0.367. The molecule has 0 saturated heterocycles. The fraction of sp³-hybridized carbons (Fsp3) is 0.200. The Morgan fingerprint density at radius 3 is 2.81 bits per heavy atom. The predicted octanol–water partition coefficient (Wildman–Crippen LogP) is 3.77. The number of ether oxygens (including phenoxy) is 3. The van der Waals surface area contributed by atoms with Crippen molar-refractivity contribution in [3.8, 4) is 11.5 Å². The Kier molecular flexibility index (Phi) is 5.02. The molecule has 134 valence electrons. The molecule has 0 amide bonds. The second-order valence-corrected chi connectivity index (χ2v) is 5.66. The highest BCUT2D eigenvalue weighted by Gasteiger charge is 2.28. The highest BCUT2D eigenvalue weighted by Crippen LogP contribution is 2.35. The maximum absolute atomic E-state index is 13.3.